The van der Waals surface area contributed by atoms with Crippen LogP contribution in [0.15, 0.2) is 42.7 Å². The zero-order valence-corrected chi connectivity index (χ0v) is 10.1. The summed E-state index contributed by atoms with van der Waals surface area (Å²) in [5, 5.41) is 0. The molecule has 0 spiro atoms. The second-order valence-electron chi connectivity index (χ2n) is 3.96. The summed E-state index contributed by atoms with van der Waals surface area (Å²) < 4.78 is 0. The van der Waals surface area contributed by atoms with Crippen LogP contribution in [0.2, 0.25) is 0 Å². The number of carbonyl (C=O) groups excluding carboxylic acids is 1. The molecule has 0 atom stereocenters. The molecule has 5 heteroatoms. The van der Waals surface area contributed by atoms with Gasteiger partial charge in [-0.2, -0.15) is 0 Å². The van der Waals surface area contributed by atoms with Crippen LogP contribution in [0.3, 0.4) is 0 Å². The molecule has 0 radical (unpaired) electrons. The highest BCUT2D eigenvalue weighted by molar-refractivity contribution is 5.92. The normalized spacial score (nSPS) is 10.1. The SMILES string of the molecule is CN(Cc1ccncc1)C(=O)c1cccc(N)n1. The Hall–Kier alpha value is -2.43. The molecule has 18 heavy (non-hydrogen) atoms. The molecule has 0 fully saturated rings. The van der Waals surface area contributed by atoms with Crippen molar-refractivity contribution in [2.75, 3.05) is 12.8 Å². The van der Waals surface area contributed by atoms with E-state index in [9.17, 15) is 4.79 Å². The summed E-state index contributed by atoms with van der Waals surface area (Å²) >= 11 is 0. The largest absolute Gasteiger partial charge is 0.384 e. The number of aromatic nitrogens is 2. The zero-order chi connectivity index (χ0) is 13.0. The molecule has 2 heterocycles. The van der Waals surface area contributed by atoms with Crippen molar-refractivity contribution in [2.45, 2.75) is 6.54 Å². The Morgan fingerprint density at radius 3 is 2.67 bits per heavy atom. The Labute approximate surface area is 105 Å². The van der Waals surface area contributed by atoms with E-state index in [1.54, 1.807) is 42.5 Å². The standard InChI is InChI=1S/C13H14N4O/c1-17(9-10-5-7-15-8-6-10)13(18)11-3-2-4-12(14)16-11/h2-8H,9H2,1H3,(H2,14,16). The predicted octanol–water partition coefficient (Wildman–Crippen LogP) is 1.33. The molecule has 0 aromatic carbocycles. The van der Waals surface area contributed by atoms with Gasteiger partial charge in [-0.15, -0.1) is 0 Å². The minimum atomic E-state index is -0.154. The van der Waals surface area contributed by atoms with Crippen molar-refractivity contribution in [1.82, 2.24) is 14.9 Å². The summed E-state index contributed by atoms with van der Waals surface area (Å²) in [5.41, 5.74) is 6.93. The fourth-order valence-electron chi connectivity index (χ4n) is 1.60. The number of rotatable bonds is 3. The lowest BCUT2D eigenvalue weighted by Gasteiger charge is -2.16. The van der Waals surface area contributed by atoms with E-state index in [1.165, 1.54) is 0 Å². The van der Waals surface area contributed by atoms with E-state index >= 15 is 0 Å². The zero-order valence-electron chi connectivity index (χ0n) is 10.1. The van der Waals surface area contributed by atoms with Crippen LogP contribution in [-0.2, 0) is 6.54 Å². The summed E-state index contributed by atoms with van der Waals surface area (Å²) in [6.07, 6.45) is 3.40. The Balaban J connectivity index is 2.10. The van der Waals surface area contributed by atoms with Gasteiger partial charge in [0.25, 0.3) is 5.91 Å². The summed E-state index contributed by atoms with van der Waals surface area (Å²) in [6, 6.07) is 8.77. The molecule has 0 bridgehead atoms. The van der Waals surface area contributed by atoms with E-state index in [-0.39, 0.29) is 5.91 Å². The highest BCUT2D eigenvalue weighted by Crippen LogP contribution is 2.07. The van der Waals surface area contributed by atoms with Gasteiger partial charge >= 0.3 is 0 Å². The molecule has 0 saturated heterocycles. The van der Waals surface area contributed by atoms with Crippen LogP contribution in [0.25, 0.3) is 0 Å². The average molecular weight is 242 g/mol. The highest BCUT2D eigenvalue weighted by atomic mass is 16.2. The van der Waals surface area contributed by atoms with Gasteiger partial charge < -0.3 is 10.6 Å². The number of nitrogens with two attached hydrogens (primary N) is 1. The van der Waals surface area contributed by atoms with Crippen LogP contribution in [0, 0.1) is 0 Å². The van der Waals surface area contributed by atoms with Gasteiger partial charge in [0.1, 0.15) is 11.5 Å². The molecule has 0 saturated carbocycles. The third-order valence-corrected chi connectivity index (χ3v) is 2.51. The summed E-state index contributed by atoms with van der Waals surface area (Å²) in [4.78, 5) is 21.6. The second kappa shape index (κ2) is 5.27. The topological polar surface area (TPSA) is 72.1 Å². The number of anilines is 1. The summed E-state index contributed by atoms with van der Waals surface area (Å²) in [6.45, 7) is 0.512. The number of nitrogens with zero attached hydrogens (tertiary/aromatic N) is 3. The molecule has 0 aliphatic carbocycles. The lowest BCUT2D eigenvalue weighted by molar-refractivity contribution is 0.0779. The van der Waals surface area contributed by atoms with E-state index in [0.29, 0.717) is 18.1 Å². The molecule has 2 rings (SSSR count). The molecule has 1 amide bonds. The number of hydrogen-bond acceptors (Lipinski definition) is 4. The third kappa shape index (κ3) is 2.82. The Kier molecular flexibility index (Phi) is 3.52. The minimum absolute atomic E-state index is 0.154. The van der Waals surface area contributed by atoms with Crippen LogP contribution in [0.1, 0.15) is 16.1 Å². The van der Waals surface area contributed by atoms with Crippen molar-refractivity contribution in [3.8, 4) is 0 Å². The van der Waals surface area contributed by atoms with E-state index < -0.39 is 0 Å². The maximum Gasteiger partial charge on any atom is 0.272 e. The Morgan fingerprint density at radius 1 is 1.28 bits per heavy atom. The molecule has 5 nitrogen and oxygen atoms in total. The first-order chi connectivity index (χ1) is 8.66. The Morgan fingerprint density at radius 2 is 2.00 bits per heavy atom. The van der Waals surface area contributed by atoms with Crippen molar-refractivity contribution >= 4 is 11.7 Å². The number of pyridine rings is 2. The molecule has 0 unspecified atom stereocenters. The van der Waals surface area contributed by atoms with Gasteiger partial charge in [-0.1, -0.05) is 6.07 Å². The van der Waals surface area contributed by atoms with Crippen LogP contribution >= 0.6 is 0 Å². The van der Waals surface area contributed by atoms with Gasteiger partial charge in [0, 0.05) is 26.0 Å². The van der Waals surface area contributed by atoms with Gasteiger partial charge in [0.2, 0.25) is 0 Å². The van der Waals surface area contributed by atoms with Gasteiger partial charge in [0.05, 0.1) is 0 Å². The first-order valence-electron chi connectivity index (χ1n) is 5.54. The number of carbonyl (C=O) groups is 1. The van der Waals surface area contributed by atoms with Gasteiger partial charge in [0.15, 0.2) is 0 Å². The molecule has 2 aromatic heterocycles. The smallest absolute Gasteiger partial charge is 0.272 e. The van der Waals surface area contributed by atoms with E-state index in [1.807, 2.05) is 12.1 Å². The molecule has 92 valence electrons. The number of amides is 1. The third-order valence-electron chi connectivity index (χ3n) is 2.51. The fourth-order valence-corrected chi connectivity index (χ4v) is 1.60. The molecule has 0 aliphatic rings. The van der Waals surface area contributed by atoms with Crippen molar-refractivity contribution in [1.29, 1.82) is 0 Å². The predicted molar refractivity (Wildman–Crippen MR) is 68.7 cm³/mol. The first-order valence-corrected chi connectivity index (χ1v) is 5.54. The van der Waals surface area contributed by atoms with Crippen LogP contribution in [0.4, 0.5) is 5.82 Å². The van der Waals surface area contributed by atoms with Crippen molar-refractivity contribution in [3.63, 3.8) is 0 Å². The van der Waals surface area contributed by atoms with Crippen LogP contribution in [0.5, 0.6) is 0 Å². The summed E-state index contributed by atoms with van der Waals surface area (Å²) in [5.74, 6) is 0.192. The summed E-state index contributed by atoms with van der Waals surface area (Å²) in [7, 11) is 1.73. The minimum Gasteiger partial charge on any atom is -0.384 e. The molecule has 2 aromatic rings. The maximum atomic E-state index is 12.1. The van der Waals surface area contributed by atoms with Crippen LogP contribution in [-0.4, -0.2) is 27.8 Å². The molecular weight excluding hydrogens is 228 g/mol. The monoisotopic (exact) mass is 242 g/mol. The maximum absolute atomic E-state index is 12.1. The number of hydrogen-bond donors (Lipinski definition) is 1. The van der Waals surface area contributed by atoms with Gasteiger partial charge in [-0.05, 0) is 29.8 Å². The highest BCUT2D eigenvalue weighted by Gasteiger charge is 2.13. The van der Waals surface area contributed by atoms with Crippen molar-refractivity contribution in [2.24, 2.45) is 0 Å². The van der Waals surface area contributed by atoms with E-state index in [0.717, 1.165) is 5.56 Å². The second-order valence-corrected chi connectivity index (χ2v) is 3.96. The van der Waals surface area contributed by atoms with Crippen molar-refractivity contribution < 1.29 is 4.79 Å². The Bertz CT molecular complexity index is 542. The van der Waals surface area contributed by atoms with Crippen molar-refractivity contribution in [3.05, 3.63) is 54.0 Å². The van der Waals surface area contributed by atoms with E-state index in [2.05, 4.69) is 9.97 Å². The number of nitrogen functional groups attached to an aromatic ring is 1. The van der Waals surface area contributed by atoms with E-state index in [4.69, 9.17) is 5.73 Å². The van der Waals surface area contributed by atoms with Gasteiger partial charge in [-0.25, -0.2) is 4.98 Å². The quantitative estimate of drug-likeness (QED) is 0.881. The molecule has 0 aliphatic heterocycles. The lowest BCUT2D eigenvalue weighted by Crippen LogP contribution is -2.27. The van der Waals surface area contributed by atoms with Gasteiger partial charge in [-0.3, -0.25) is 9.78 Å². The fraction of sp³-hybridized carbons (Fsp3) is 0.154. The molecule has 2 N–H and O–H groups in total. The average Bonchev–Trinajstić information content (AvgIpc) is 2.39. The molecular formula is C13H14N4O. The lowest BCUT2D eigenvalue weighted by atomic mass is 10.2. The van der Waals surface area contributed by atoms with Crippen LogP contribution < -0.4 is 5.73 Å². The first kappa shape index (κ1) is 12.0.